The predicted molar refractivity (Wildman–Crippen MR) is 73.9 cm³/mol. The molecule has 0 aliphatic heterocycles. The Bertz CT molecular complexity index is 661. The maximum absolute atomic E-state index is 11.2. The van der Waals surface area contributed by atoms with Crippen molar-refractivity contribution < 1.29 is 25.9 Å². The van der Waals surface area contributed by atoms with E-state index >= 15 is 0 Å². The van der Waals surface area contributed by atoms with Crippen LogP contribution in [0.2, 0.25) is 0 Å². The van der Waals surface area contributed by atoms with Crippen LogP contribution in [0.15, 0.2) is 28.0 Å². The van der Waals surface area contributed by atoms with Crippen molar-refractivity contribution in [3.05, 3.63) is 23.8 Å². The molecule has 0 aliphatic rings. The Balaban J connectivity index is 3.14. The lowest BCUT2D eigenvalue weighted by Gasteiger charge is -2.08. The fourth-order valence-electron chi connectivity index (χ4n) is 1.91. The van der Waals surface area contributed by atoms with Crippen LogP contribution < -0.4 is 0 Å². The summed E-state index contributed by atoms with van der Waals surface area (Å²) >= 11 is 0. The topological polar surface area (TPSA) is 109 Å². The normalized spacial score (nSPS) is 12.6. The number of rotatable bonds is 7. The highest BCUT2D eigenvalue weighted by Gasteiger charge is 2.19. The Hall–Kier alpha value is -0.960. The molecule has 0 fully saturated rings. The minimum absolute atomic E-state index is 0.193. The van der Waals surface area contributed by atoms with Gasteiger partial charge in [0.05, 0.1) is 9.79 Å². The maximum atomic E-state index is 11.2. The van der Waals surface area contributed by atoms with Crippen LogP contribution in [-0.4, -0.2) is 25.9 Å². The molecule has 0 radical (unpaired) electrons. The van der Waals surface area contributed by atoms with Crippen molar-refractivity contribution in [1.82, 2.24) is 0 Å². The van der Waals surface area contributed by atoms with Gasteiger partial charge >= 0.3 is 0 Å². The molecule has 20 heavy (non-hydrogen) atoms. The second kappa shape index (κ2) is 6.66. The molecule has 8 heteroatoms. The highest BCUT2D eigenvalue weighted by atomic mass is 32.2. The SMILES string of the molecule is CCCCCCc1cc(S(=O)(=O)O)ccc1S(=O)(=O)O. The largest absolute Gasteiger partial charge is 0.294 e. The van der Waals surface area contributed by atoms with E-state index in [2.05, 4.69) is 0 Å². The maximum Gasteiger partial charge on any atom is 0.294 e. The second-order valence-electron chi connectivity index (χ2n) is 4.53. The Morgan fingerprint density at radius 3 is 2.10 bits per heavy atom. The summed E-state index contributed by atoms with van der Waals surface area (Å²) in [6, 6.07) is 3.03. The number of hydrogen-bond acceptors (Lipinski definition) is 4. The Morgan fingerprint density at radius 1 is 0.950 bits per heavy atom. The van der Waals surface area contributed by atoms with E-state index in [4.69, 9.17) is 9.11 Å². The van der Waals surface area contributed by atoms with E-state index in [9.17, 15) is 16.8 Å². The summed E-state index contributed by atoms with van der Waals surface area (Å²) in [6.07, 6.45) is 3.86. The monoisotopic (exact) mass is 322 g/mol. The van der Waals surface area contributed by atoms with Crippen LogP contribution in [0, 0.1) is 0 Å². The molecule has 0 saturated heterocycles. The van der Waals surface area contributed by atoms with Crippen molar-refractivity contribution in [3.63, 3.8) is 0 Å². The predicted octanol–water partition coefficient (Wildman–Crippen LogP) is 2.30. The fraction of sp³-hybridized carbons (Fsp3) is 0.500. The first-order valence-corrected chi connectivity index (χ1v) is 9.12. The van der Waals surface area contributed by atoms with Crippen LogP contribution in [0.1, 0.15) is 38.2 Å². The van der Waals surface area contributed by atoms with Crippen molar-refractivity contribution >= 4 is 20.2 Å². The molecular weight excluding hydrogens is 304 g/mol. The van der Waals surface area contributed by atoms with Crippen molar-refractivity contribution in [2.75, 3.05) is 0 Å². The summed E-state index contributed by atoms with van der Waals surface area (Å²) in [5, 5.41) is 0. The third-order valence-electron chi connectivity index (χ3n) is 2.91. The van der Waals surface area contributed by atoms with E-state index in [1.807, 2.05) is 6.92 Å². The Morgan fingerprint density at radius 2 is 1.60 bits per heavy atom. The molecule has 0 atom stereocenters. The van der Waals surface area contributed by atoms with Gasteiger partial charge in [0.25, 0.3) is 20.2 Å². The number of aryl methyl sites for hydroxylation is 1. The summed E-state index contributed by atoms with van der Waals surface area (Å²) in [7, 11) is -8.81. The second-order valence-corrected chi connectivity index (χ2v) is 7.34. The lowest BCUT2D eigenvalue weighted by molar-refractivity contribution is 0.477. The molecule has 0 heterocycles. The minimum Gasteiger partial charge on any atom is -0.282 e. The first-order valence-electron chi connectivity index (χ1n) is 6.24. The molecule has 0 spiro atoms. The third kappa shape index (κ3) is 4.86. The van der Waals surface area contributed by atoms with Gasteiger partial charge in [0, 0.05) is 0 Å². The van der Waals surface area contributed by atoms with Gasteiger partial charge in [-0.25, -0.2) is 0 Å². The van der Waals surface area contributed by atoms with Crippen molar-refractivity contribution in [2.24, 2.45) is 0 Å². The average Bonchev–Trinajstić information content (AvgIpc) is 2.32. The van der Waals surface area contributed by atoms with Crippen molar-refractivity contribution in [1.29, 1.82) is 0 Å². The standard InChI is InChI=1S/C12H18O6S2/c1-2-3-4-5-6-10-9-11(19(13,14)15)7-8-12(10)20(16,17)18/h7-9H,2-6H2,1H3,(H,13,14,15)(H,16,17,18). The van der Waals surface area contributed by atoms with Gasteiger partial charge < -0.3 is 0 Å². The zero-order chi connectivity index (χ0) is 15.4. The van der Waals surface area contributed by atoms with Crippen molar-refractivity contribution in [2.45, 2.75) is 48.8 Å². The number of hydrogen-bond donors (Lipinski definition) is 2. The lowest BCUT2D eigenvalue weighted by atomic mass is 10.1. The lowest BCUT2D eigenvalue weighted by Crippen LogP contribution is -2.06. The van der Waals surface area contributed by atoms with E-state index in [0.717, 1.165) is 37.5 Å². The first kappa shape index (κ1) is 17.1. The molecule has 0 amide bonds. The van der Waals surface area contributed by atoms with Crippen LogP contribution >= 0.6 is 0 Å². The van der Waals surface area contributed by atoms with E-state index in [0.29, 0.717) is 12.8 Å². The van der Waals surface area contributed by atoms with Gasteiger partial charge in [-0.15, -0.1) is 0 Å². The van der Waals surface area contributed by atoms with Crippen LogP contribution in [0.3, 0.4) is 0 Å². The minimum atomic E-state index is -4.41. The Labute approximate surface area is 119 Å². The zero-order valence-corrected chi connectivity index (χ0v) is 12.7. The molecule has 0 aliphatic carbocycles. The molecule has 0 unspecified atom stereocenters. The van der Waals surface area contributed by atoms with Gasteiger partial charge in [0.2, 0.25) is 0 Å². The molecule has 0 saturated carbocycles. The molecule has 1 aromatic carbocycles. The van der Waals surface area contributed by atoms with Gasteiger partial charge in [0.15, 0.2) is 0 Å². The van der Waals surface area contributed by atoms with Gasteiger partial charge in [0.1, 0.15) is 0 Å². The van der Waals surface area contributed by atoms with E-state index in [1.165, 1.54) is 0 Å². The van der Waals surface area contributed by atoms with Crippen LogP contribution in [0.25, 0.3) is 0 Å². The quantitative estimate of drug-likeness (QED) is 0.589. The summed E-state index contributed by atoms with van der Waals surface area (Å²) in [6.45, 7) is 2.03. The molecule has 6 nitrogen and oxygen atoms in total. The summed E-state index contributed by atoms with van der Waals surface area (Å²) in [5.74, 6) is 0. The fourth-order valence-corrected chi connectivity index (χ4v) is 3.17. The smallest absolute Gasteiger partial charge is 0.282 e. The number of unbranched alkanes of at least 4 members (excludes halogenated alkanes) is 3. The highest BCUT2D eigenvalue weighted by Crippen LogP contribution is 2.22. The van der Waals surface area contributed by atoms with Gasteiger partial charge in [-0.3, -0.25) is 9.11 Å². The van der Waals surface area contributed by atoms with Crippen LogP contribution in [-0.2, 0) is 26.7 Å². The molecular formula is C12H18O6S2. The van der Waals surface area contributed by atoms with Crippen LogP contribution in [0.5, 0.6) is 0 Å². The van der Waals surface area contributed by atoms with E-state index in [1.54, 1.807) is 0 Å². The molecule has 1 aromatic rings. The van der Waals surface area contributed by atoms with Gasteiger partial charge in [-0.05, 0) is 36.6 Å². The van der Waals surface area contributed by atoms with Gasteiger partial charge in [-0.2, -0.15) is 16.8 Å². The summed E-state index contributed by atoms with van der Waals surface area (Å²) < 4.78 is 62.7. The third-order valence-corrected chi connectivity index (χ3v) is 4.71. The van der Waals surface area contributed by atoms with Crippen LogP contribution in [0.4, 0.5) is 0 Å². The van der Waals surface area contributed by atoms with E-state index in [-0.39, 0.29) is 15.4 Å². The number of benzene rings is 1. The molecule has 2 N–H and O–H groups in total. The van der Waals surface area contributed by atoms with E-state index < -0.39 is 20.2 Å². The highest BCUT2D eigenvalue weighted by molar-refractivity contribution is 7.86. The summed E-state index contributed by atoms with van der Waals surface area (Å²) in [5.41, 5.74) is 0.193. The van der Waals surface area contributed by atoms with Gasteiger partial charge in [-0.1, -0.05) is 26.2 Å². The summed E-state index contributed by atoms with van der Waals surface area (Å²) in [4.78, 5) is -0.697. The first-order chi connectivity index (χ1) is 9.16. The van der Waals surface area contributed by atoms with Crippen molar-refractivity contribution in [3.8, 4) is 0 Å². The molecule has 0 aromatic heterocycles. The zero-order valence-electron chi connectivity index (χ0n) is 11.1. The molecule has 114 valence electrons. The molecule has 0 bridgehead atoms. The average molecular weight is 322 g/mol. The molecule has 1 rings (SSSR count). The Kier molecular flexibility index (Phi) is 5.69.